The lowest BCUT2D eigenvalue weighted by Crippen LogP contribution is -2.31. The summed E-state index contributed by atoms with van der Waals surface area (Å²) in [5.41, 5.74) is 1.73. The van der Waals surface area contributed by atoms with E-state index >= 15 is 0 Å². The lowest BCUT2D eigenvalue weighted by molar-refractivity contribution is 0.0991. The standard InChI is InChI=1S/C24H24N2O3S/c1-4-12-26(18-7-10-19(11-8-18)29-5-2)24(27)22-14-17-13-16-6-9-20(28-3)15-21(16)25-23(17)30-22/h6-11,13-15H,4-5,12H2,1-3H3. The number of carbonyl (C=O) groups is 1. The molecule has 2 heterocycles. The molecule has 1 amide bonds. The van der Waals surface area contributed by atoms with Crippen LogP contribution in [0.3, 0.4) is 0 Å². The van der Waals surface area contributed by atoms with E-state index in [0.29, 0.717) is 18.0 Å². The molecule has 2 aromatic heterocycles. The van der Waals surface area contributed by atoms with Crippen molar-refractivity contribution >= 4 is 44.1 Å². The van der Waals surface area contributed by atoms with E-state index < -0.39 is 0 Å². The van der Waals surface area contributed by atoms with Crippen LogP contribution in [0.25, 0.3) is 21.1 Å². The molecular formula is C24H24N2O3S. The van der Waals surface area contributed by atoms with Crippen LogP contribution in [0.5, 0.6) is 11.5 Å². The number of fused-ring (bicyclic) bond motifs is 2. The molecule has 0 saturated carbocycles. The molecule has 0 aliphatic rings. The number of hydrogen-bond donors (Lipinski definition) is 0. The Hall–Kier alpha value is -3.12. The Morgan fingerprint density at radius 1 is 1.00 bits per heavy atom. The molecule has 0 aliphatic heterocycles. The summed E-state index contributed by atoms with van der Waals surface area (Å²) in [7, 11) is 1.64. The van der Waals surface area contributed by atoms with Gasteiger partial charge < -0.3 is 14.4 Å². The van der Waals surface area contributed by atoms with Crippen molar-refractivity contribution in [3.05, 3.63) is 59.5 Å². The number of amides is 1. The van der Waals surface area contributed by atoms with Gasteiger partial charge in [-0.25, -0.2) is 4.98 Å². The Balaban J connectivity index is 1.69. The topological polar surface area (TPSA) is 51.7 Å². The first-order valence-electron chi connectivity index (χ1n) is 10.1. The summed E-state index contributed by atoms with van der Waals surface area (Å²) < 4.78 is 10.8. The predicted octanol–water partition coefficient (Wildman–Crippen LogP) is 5.91. The molecule has 0 radical (unpaired) electrons. The van der Waals surface area contributed by atoms with E-state index in [-0.39, 0.29) is 5.91 Å². The monoisotopic (exact) mass is 420 g/mol. The van der Waals surface area contributed by atoms with E-state index in [4.69, 9.17) is 14.5 Å². The minimum Gasteiger partial charge on any atom is -0.497 e. The summed E-state index contributed by atoms with van der Waals surface area (Å²) in [5.74, 6) is 1.57. The number of hydrogen-bond acceptors (Lipinski definition) is 5. The third-order valence-corrected chi connectivity index (χ3v) is 5.91. The molecule has 0 unspecified atom stereocenters. The maximum atomic E-state index is 13.4. The SMILES string of the molecule is CCCN(C(=O)c1cc2cc3ccc(OC)cc3nc2s1)c1ccc(OCC)cc1. The molecule has 0 N–H and O–H groups in total. The molecule has 0 atom stereocenters. The molecule has 4 aromatic rings. The average Bonchev–Trinajstić information content (AvgIpc) is 3.18. The number of benzene rings is 2. The Kier molecular flexibility index (Phi) is 5.86. The Morgan fingerprint density at radius 3 is 2.47 bits per heavy atom. The molecule has 5 nitrogen and oxygen atoms in total. The summed E-state index contributed by atoms with van der Waals surface area (Å²) in [4.78, 5) is 21.5. The van der Waals surface area contributed by atoms with Gasteiger partial charge in [-0.1, -0.05) is 6.92 Å². The van der Waals surface area contributed by atoms with Crippen molar-refractivity contribution in [2.75, 3.05) is 25.2 Å². The van der Waals surface area contributed by atoms with Crippen molar-refractivity contribution in [2.45, 2.75) is 20.3 Å². The molecule has 0 aliphatic carbocycles. The minimum absolute atomic E-state index is 0.00866. The zero-order valence-corrected chi connectivity index (χ0v) is 18.2. The highest BCUT2D eigenvalue weighted by Crippen LogP contribution is 2.31. The Morgan fingerprint density at radius 2 is 1.77 bits per heavy atom. The number of nitrogens with zero attached hydrogens (tertiary/aromatic N) is 2. The molecule has 30 heavy (non-hydrogen) atoms. The van der Waals surface area contributed by atoms with E-state index in [9.17, 15) is 4.79 Å². The van der Waals surface area contributed by atoms with Crippen LogP contribution in [0.4, 0.5) is 5.69 Å². The van der Waals surface area contributed by atoms with Gasteiger partial charge in [0, 0.05) is 29.1 Å². The fourth-order valence-corrected chi connectivity index (χ4v) is 4.40. The van der Waals surface area contributed by atoms with Gasteiger partial charge in [0.15, 0.2) is 0 Å². The van der Waals surface area contributed by atoms with Crippen molar-refractivity contribution in [3.63, 3.8) is 0 Å². The van der Waals surface area contributed by atoms with E-state index in [0.717, 1.165) is 44.7 Å². The molecule has 2 aromatic carbocycles. The van der Waals surface area contributed by atoms with Crippen LogP contribution in [-0.2, 0) is 0 Å². The lowest BCUT2D eigenvalue weighted by Gasteiger charge is -2.22. The summed E-state index contributed by atoms with van der Waals surface area (Å²) in [6.45, 7) is 5.29. The van der Waals surface area contributed by atoms with Crippen LogP contribution in [0.1, 0.15) is 29.9 Å². The first kappa shape index (κ1) is 20.2. The number of ether oxygens (including phenoxy) is 2. The highest BCUT2D eigenvalue weighted by molar-refractivity contribution is 7.20. The van der Waals surface area contributed by atoms with E-state index in [1.807, 2.05) is 60.4 Å². The van der Waals surface area contributed by atoms with Gasteiger partial charge in [0.05, 0.1) is 24.1 Å². The first-order valence-corrected chi connectivity index (χ1v) is 10.9. The number of thiophene rings is 1. The Labute approximate surface area is 179 Å². The number of aromatic nitrogens is 1. The summed E-state index contributed by atoms with van der Waals surface area (Å²) in [6.07, 6.45) is 0.867. The molecule has 0 bridgehead atoms. The van der Waals surface area contributed by atoms with Gasteiger partial charge in [-0.3, -0.25) is 4.79 Å². The molecule has 154 valence electrons. The molecule has 4 rings (SSSR count). The van der Waals surface area contributed by atoms with Gasteiger partial charge in [-0.15, -0.1) is 11.3 Å². The van der Waals surface area contributed by atoms with E-state index in [1.165, 1.54) is 11.3 Å². The highest BCUT2D eigenvalue weighted by Gasteiger charge is 2.20. The number of anilines is 1. The number of rotatable bonds is 7. The number of methoxy groups -OCH3 is 1. The second-order valence-corrected chi connectivity index (χ2v) is 7.97. The van der Waals surface area contributed by atoms with Crippen LogP contribution < -0.4 is 14.4 Å². The molecular weight excluding hydrogens is 396 g/mol. The Bertz CT molecular complexity index is 1180. The highest BCUT2D eigenvalue weighted by atomic mass is 32.1. The molecule has 0 fully saturated rings. The predicted molar refractivity (Wildman–Crippen MR) is 123 cm³/mol. The van der Waals surface area contributed by atoms with Crippen LogP contribution in [0.15, 0.2) is 54.6 Å². The second kappa shape index (κ2) is 8.71. The third-order valence-electron chi connectivity index (χ3n) is 4.87. The van der Waals surface area contributed by atoms with Crippen LogP contribution in [0, 0.1) is 0 Å². The van der Waals surface area contributed by atoms with Gasteiger partial charge in [-0.05, 0) is 61.9 Å². The summed E-state index contributed by atoms with van der Waals surface area (Å²) in [5, 5.41) is 2.00. The number of pyridine rings is 1. The maximum absolute atomic E-state index is 13.4. The molecule has 0 spiro atoms. The van der Waals surface area contributed by atoms with Crippen molar-refractivity contribution < 1.29 is 14.3 Å². The van der Waals surface area contributed by atoms with Gasteiger partial charge in [0.25, 0.3) is 5.91 Å². The van der Waals surface area contributed by atoms with Crippen LogP contribution >= 0.6 is 11.3 Å². The fourth-order valence-electron chi connectivity index (χ4n) is 3.43. The normalized spacial score (nSPS) is 11.0. The average molecular weight is 421 g/mol. The van der Waals surface area contributed by atoms with Crippen LogP contribution in [-0.4, -0.2) is 31.2 Å². The quantitative estimate of drug-likeness (QED) is 0.373. The van der Waals surface area contributed by atoms with Gasteiger partial charge in [0.1, 0.15) is 16.3 Å². The van der Waals surface area contributed by atoms with Gasteiger partial charge in [-0.2, -0.15) is 0 Å². The zero-order valence-electron chi connectivity index (χ0n) is 17.3. The lowest BCUT2D eigenvalue weighted by atomic mass is 10.2. The number of carbonyl (C=O) groups excluding carboxylic acids is 1. The summed E-state index contributed by atoms with van der Waals surface area (Å²) in [6, 6.07) is 17.5. The van der Waals surface area contributed by atoms with Crippen molar-refractivity contribution in [1.29, 1.82) is 0 Å². The van der Waals surface area contributed by atoms with Crippen LogP contribution in [0.2, 0.25) is 0 Å². The molecule has 6 heteroatoms. The minimum atomic E-state index is -0.00866. The van der Waals surface area contributed by atoms with Crippen molar-refractivity contribution in [1.82, 2.24) is 4.98 Å². The first-order chi connectivity index (χ1) is 14.6. The van der Waals surface area contributed by atoms with E-state index in [1.54, 1.807) is 7.11 Å². The van der Waals surface area contributed by atoms with Gasteiger partial charge >= 0.3 is 0 Å². The fraction of sp³-hybridized carbons (Fsp3) is 0.250. The third kappa shape index (κ3) is 3.96. The van der Waals surface area contributed by atoms with E-state index in [2.05, 4.69) is 13.0 Å². The largest absolute Gasteiger partial charge is 0.497 e. The maximum Gasteiger partial charge on any atom is 0.268 e. The zero-order chi connectivity index (χ0) is 21.1. The van der Waals surface area contributed by atoms with Gasteiger partial charge in [0.2, 0.25) is 0 Å². The smallest absolute Gasteiger partial charge is 0.268 e. The second-order valence-electron chi connectivity index (χ2n) is 6.94. The van der Waals surface area contributed by atoms with Crippen molar-refractivity contribution in [3.8, 4) is 11.5 Å². The summed E-state index contributed by atoms with van der Waals surface area (Å²) >= 11 is 1.43. The molecule has 0 saturated heterocycles. The van der Waals surface area contributed by atoms with Crippen molar-refractivity contribution in [2.24, 2.45) is 0 Å².